The molecule has 0 spiro atoms. The molecule has 0 aromatic carbocycles. The molecule has 1 unspecified atom stereocenters. The standard InChI is InChI=1S/C11H24N2O/c1-2-7-13(8-4-9-14)11-5-3-6-12-10-11/h11-12,14H,2-10H2,1H3. The maximum atomic E-state index is 8.84. The van der Waals surface area contributed by atoms with E-state index in [0.29, 0.717) is 12.6 Å². The molecule has 84 valence electrons. The number of nitrogens with one attached hydrogen (secondary N) is 1. The summed E-state index contributed by atoms with van der Waals surface area (Å²) in [5, 5.41) is 12.3. The highest BCUT2D eigenvalue weighted by Gasteiger charge is 2.19. The van der Waals surface area contributed by atoms with E-state index in [-0.39, 0.29) is 0 Å². The van der Waals surface area contributed by atoms with E-state index in [2.05, 4.69) is 17.1 Å². The first-order valence-corrected chi connectivity index (χ1v) is 5.94. The lowest BCUT2D eigenvalue weighted by Gasteiger charge is -2.34. The van der Waals surface area contributed by atoms with Crippen molar-refractivity contribution in [3.8, 4) is 0 Å². The Morgan fingerprint density at radius 3 is 2.86 bits per heavy atom. The van der Waals surface area contributed by atoms with Crippen LogP contribution in [0.2, 0.25) is 0 Å². The largest absolute Gasteiger partial charge is 0.396 e. The highest BCUT2D eigenvalue weighted by molar-refractivity contribution is 4.78. The van der Waals surface area contributed by atoms with Crippen molar-refractivity contribution in [3.05, 3.63) is 0 Å². The quantitative estimate of drug-likeness (QED) is 0.667. The van der Waals surface area contributed by atoms with Crippen molar-refractivity contribution in [2.75, 3.05) is 32.8 Å². The van der Waals surface area contributed by atoms with Gasteiger partial charge >= 0.3 is 0 Å². The Kier molecular flexibility index (Phi) is 6.15. The Hall–Kier alpha value is -0.120. The van der Waals surface area contributed by atoms with Crippen LogP contribution in [0.25, 0.3) is 0 Å². The summed E-state index contributed by atoms with van der Waals surface area (Å²) in [5.74, 6) is 0. The molecule has 1 aliphatic heterocycles. The summed E-state index contributed by atoms with van der Waals surface area (Å²) in [6, 6.07) is 0.704. The third kappa shape index (κ3) is 3.95. The summed E-state index contributed by atoms with van der Waals surface area (Å²) in [6.07, 6.45) is 4.74. The monoisotopic (exact) mass is 200 g/mol. The van der Waals surface area contributed by atoms with E-state index in [1.165, 1.54) is 32.4 Å². The van der Waals surface area contributed by atoms with Crippen LogP contribution in [0.4, 0.5) is 0 Å². The maximum absolute atomic E-state index is 8.84. The number of aliphatic hydroxyl groups excluding tert-OH is 1. The molecule has 0 radical (unpaired) electrons. The first kappa shape index (κ1) is 12.0. The molecule has 0 amide bonds. The van der Waals surface area contributed by atoms with Gasteiger partial charge < -0.3 is 10.4 Å². The van der Waals surface area contributed by atoms with Gasteiger partial charge in [-0.2, -0.15) is 0 Å². The lowest BCUT2D eigenvalue weighted by Crippen LogP contribution is -2.46. The van der Waals surface area contributed by atoms with Crippen LogP contribution in [0, 0.1) is 0 Å². The van der Waals surface area contributed by atoms with E-state index in [1.54, 1.807) is 0 Å². The molecule has 0 saturated carbocycles. The van der Waals surface area contributed by atoms with Gasteiger partial charge in [-0.05, 0) is 38.8 Å². The minimum absolute atomic E-state index is 0.320. The van der Waals surface area contributed by atoms with Crippen LogP contribution in [-0.2, 0) is 0 Å². The van der Waals surface area contributed by atoms with E-state index in [1.807, 2.05) is 0 Å². The predicted octanol–water partition coefficient (Wildman–Crippen LogP) is 0.833. The van der Waals surface area contributed by atoms with Crippen LogP contribution < -0.4 is 5.32 Å². The molecule has 1 fully saturated rings. The number of hydrogen-bond acceptors (Lipinski definition) is 3. The Morgan fingerprint density at radius 1 is 1.43 bits per heavy atom. The van der Waals surface area contributed by atoms with Gasteiger partial charge in [0.05, 0.1) is 0 Å². The average molecular weight is 200 g/mol. The molecule has 0 aromatic rings. The number of nitrogens with zero attached hydrogens (tertiary/aromatic N) is 1. The topological polar surface area (TPSA) is 35.5 Å². The number of aliphatic hydroxyl groups is 1. The van der Waals surface area contributed by atoms with Gasteiger partial charge in [0.15, 0.2) is 0 Å². The van der Waals surface area contributed by atoms with Gasteiger partial charge in [-0.15, -0.1) is 0 Å². The van der Waals surface area contributed by atoms with Crippen molar-refractivity contribution in [3.63, 3.8) is 0 Å². The van der Waals surface area contributed by atoms with Crippen LogP contribution in [0.1, 0.15) is 32.6 Å². The molecule has 3 heteroatoms. The Labute approximate surface area is 87.5 Å². The maximum Gasteiger partial charge on any atom is 0.0443 e. The van der Waals surface area contributed by atoms with Crippen molar-refractivity contribution >= 4 is 0 Å². The highest BCUT2D eigenvalue weighted by Crippen LogP contribution is 2.11. The molecule has 0 bridgehead atoms. The van der Waals surface area contributed by atoms with Crippen molar-refractivity contribution in [2.24, 2.45) is 0 Å². The second-order valence-electron chi connectivity index (χ2n) is 4.11. The minimum atomic E-state index is 0.320. The van der Waals surface area contributed by atoms with Gasteiger partial charge in [-0.25, -0.2) is 0 Å². The van der Waals surface area contributed by atoms with E-state index >= 15 is 0 Å². The third-order valence-corrected chi connectivity index (χ3v) is 2.90. The fraction of sp³-hybridized carbons (Fsp3) is 1.00. The second kappa shape index (κ2) is 7.21. The summed E-state index contributed by atoms with van der Waals surface area (Å²) < 4.78 is 0. The molecule has 1 saturated heterocycles. The first-order valence-electron chi connectivity index (χ1n) is 5.94. The smallest absolute Gasteiger partial charge is 0.0443 e. The molecule has 14 heavy (non-hydrogen) atoms. The van der Waals surface area contributed by atoms with Crippen molar-refractivity contribution in [1.29, 1.82) is 0 Å². The molecule has 1 rings (SSSR count). The van der Waals surface area contributed by atoms with Gasteiger partial charge in [0.1, 0.15) is 0 Å². The normalized spacial score (nSPS) is 22.9. The molecule has 0 aromatic heterocycles. The van der Waals surface area contributed by atoms with Crippen LogP contribution in [-0.4, -0.2) is 48.8 Å². The zero-order valence-electron chi connectivity index (χ0n) is 9.34. The van der Waals surface area contributed by atoms with Crippen LogP contribution in [0.5, 0.6) is 0 Å². The van der Waals surface area contributed by atoms with Crippen molar-refractivity contribution in [1.82, 2.24) is 10.2 Å². The summed E-state index contributed by atoms with van der Waals surface area (Å²) in [5.41, 5.74) is 0. The second-order valence-corrected chi connectivity index (χ2v) is 4.11. The third-order valence-electron chi connectivity index (χ3n) is 2.90. The first-order chi connectivity index (χ1) is 6.88. The summed E-state index contributed by atoms with van der Waals surface area (Å²) in [6.45, 7) is 7.08. The average Bonchev–Trinajstić information content (AvgIpc) is 2.25. The van der Waals surface area contributed by atoms with Crippen molar-refractivity contribution < 1.29 is 5.11 Å². The predicted molar refractivity (Wildman–Crippen MR) is 59.5 cm³/mol. The number of rotatable bonds is 6. The minimum Gasteiger partial charge on any atom is -0.396 e. The fourth-order valence-electron chi connectivity index (χ4n) is 2.18. The lowest BCUT2D eigenvalue weighted by molar-refractivity contribution is 0.150. The van der Waals surface area contributed by atoms with Gasteiger partial charge in [0.2, 0.25) is 0 Å². The van der Waals surface area contributed by atoms with Crippen LogP contribution in [0.15, 0.2) is 0 Å². The SMILES string of the molecule is CCCN(CCCO)C1CCCNC1. The van der Waals surface area contributed by atoms with E-state index in [9.17, 15) is 0 Å². The van der Waals surface area contributed by atoms with Gasteiger partial charge in [-0.1, -0.05) is 6.92 Å². The molecule has 0 aliphatic carbocycles. The molecule has 1 atom stereocenters. The number of piperidine rings is 1. The van der Waals surface area contributed by atoms with Gasteiger partial charge in [-0.3, -0.25) is 4.90 Å². The van der Waals surface area contributed by atoms with Crippen molar-refractivity contribution in [2.45, 2.75) is 38.6 Å². The molecule has 2 N–H and O–H groups in total. The molecule has 3 nitrogen and oxygen atoms in total. The summed E-state index contributed by atoms with van der Waals surface area (Å²) >= 11 is 0. The Balaban J connectivity index is 2.30. The van der Waals surface area contributed by atoms with E-state index < -0.39 is 0 Å². The van der Waals surface area contributed by atoms with Crippen LogP contribution >= 0.6 is 0 Å². The Bertz CT molecular complexity index is 135. The zero-order valence-corrected chi connectivity index (χ0v) is 9.34. The highest BCUT2D eigenvalue weighted by atomic mass is 16.3. The summed E-state index contributed by atoms with van der Waals surface area (Å²) in [4.78, 5) is 2.53. The zero-order chi connectivity index (χ0) is 10.2. The molecule has 1 heterocycles. The fourth-order valence-corrected chi connectivity index (χ4v) is 2.18. The van der Waals surface area contributed by atoms with Crippen LogP contribution in [0.3, 0.4) is 0 Å². The molecule has 1 aliphatic rings. The number of hydrogen-bond donors (Lipinski definition) is 2. The van der Waals surface area contributed by atoms with E-state index in [4.69, 9.17) is 5.11 Å². The summed E-state index contributed by atoms with van der Waals surface area (Å²) in [7, 11) is 0. The lowest BCUT2D eigenvalue weighted by atomic mass is 10.1. The Morgan fingerprint density at radius 2 is 2.29 bits per heavy atom. The van der Waals surface area contributed by atoms with Gasteiger partial charge in [0, 0.05) is 25.7 Å². The molecular weight excluding hydrogens is 176 g/mol. The van der Waals surface area contributed by atoms with Gasteiger partial charge in [0.25, 0.3) is 0 Å². The van der Waals surface area contributed by atoms with E-state index in [0.717, 1.165) is 19.5 Å². The molecular formula is C11H24N2O.